The van der Waals surface area contributed by atoms with Crippen molar-refractivity contribution in [2.75, 3.05) is 17.6 Å². The summed E-state index contributed by atoms with van der Waals surface area (Å²) in [6.45, 7) is 5.38. The number of halogens is 3. The minimum absolute atomic E-state index is 0.114. The zero-order valence-electron chi connectivity index (χ0n) is 20.5. The number of hydrogen-bond acceptors (Lipinski definition) is 9. The van der Waals surface area contributed by atoms with Crippen molar-refractivity contribution in [2.45, 2.75) is 50.0 Å². The van der Waals surface area contributed by atoms with Crippen molar-refractivity contribution in [2.24, 2.45) is 0 Å². The Morgan fingerprint density at radius 2 is 1.87 bits per heavy atom. The summed E-state index contributed by atoms with van der Waals surface area (Å²) >= 11 is 0.906. The molecule has 38 heavy (non-hydrogen) atoms. The number of thiazole rings is 1. The molecule has 0 bridgehead atoms. The van der Waals surface area contributed by atoms with E-state index in [4.69, 9.17) is 4.74 Å². The van der Waals surface area contributed by atoms with Gasteiger partial charge in [-0.15, -0.1) is 11.3 Å². The molecular weight excluding hydrogens is 545 g/mol. The molecule has 14 heteroatoms. The fraction of sp³-hybridized carbons (Fsp3) is 0.375. The highest BCUT2D eigenvalue weighted by Crippen LogP contribution is 2.30. The smallest absolute Gasteiger partial charge is 0.488 e. The Balaban J connectivity index is 1.45. The molecule has 0 unspecified atom stereocenters. The van der Waals surface area contributed by atoms with E-state index in [0.717, 1.165) is 48.7 Å². The lowest BCUT2D eigenvalue weighted by atomic mass is 10.0. The lowest BCUT2D eigenvalue weighted by Crippen LogP contribution is -2.40. The molecule has 0 saturated carbocycles. The third-order valence-corrected chi connectivity index (χ3v) is 8.15. The Kier molecular flexibility index (Phi) is 8.23. The van der Waals surface area contributed by atoms with Crippen LogP contribution in [0.2, 0.25) is 0 Å². The largest absolute Gasteiger partial charge is 0.493 e. The first-order valence-corrected chi connectivity index (χ1v) is 14.0. The Bertz CT molecular complexity index is 1350. The van der Waals surface area contributed by atoms with Gasteiger partial charge < -0.3 is 9.57 Å². The molecule has 204 valence electrons. The summed E-state index contributed by atoms with van der Waals surface area (Å²) in [6, 6.07) is 11.6. The number of pyridine rings is 1. The van der Waals surface area contributed by atoms with E-state index < -0.39 is 33.0 Å². The number of alkyl halides is 3. The van der Waals surface area contributed by atoms with Crippen LogP contribution in [0.4, 0.5) is 19.0 Å². The summed E-state index contributed by atoms with van der Waals surface area (Å²) in [4.78, 5) is 25.5. The van der Waals surface area contributed by atoms with Crippen molar-refractivity contribution in [3.8, 4) is 5.75 Å². The average Bonchev–Trinajstić information content (AvgIpc) is 3.42. The van der Waals surface area contributed by atoms with Crippen LogP contribution in [-0.4, -0.2) is 54.6 Å². The molecule has 1 atom stereocenters. The molecule has 1 aromatic carbocycles. The van der Waals surface area contributed by atoms with Crippen LogP contribution in [0.5, 0.6) is 5.75 Å². The van der Waals surface area contributed by atoms with E-state index in [1.54, 1.807) is 6.92 Å². The van der Waals surface area contributed by atoms with Gasteiger partial charge >= 0.3 is 22.2 Å². The second-order valence-electron chi connectivity index (χ2n) is 8.68. The van der Waals surface area contributed by atoms with Crippen LogP contribution in [0.3, 0.4) is 0 Å². The monoisotopic (exact) mass is 570 g/mol. The van der Waals surface area contributed by atoms with Gasteiger partial charge in [0.1, 0.15) is 11.9 Å². The standard InChI is InChI=1S/C24H25F3N4O5S2/c1-16-12-22(38(33,34)31(21-14-37-15-29-21)36-23(32)24(25,26)27)28-13-20(16)35-19-8-10-30(11-9-19)17(2)18-6-4-3-5-7-18/h3-7,12-15,17,19H,8-11H2,1-2H3/t17-/m1/s1. The number of piperidine rings is 1. The van der Waals surface area contributed by atoms with Crippen LogP contribution in [0, 0.1) is 6.92 Å². The predicted octanol–water partition coefficient (Wildman–Crippen LogP) is 4.67. The Morgan fingerprint density at radius 1 is 1.18 bits per heavy atom. The van der Waals surface area contributed by atoms with Gasteiger partial charge in [0, 0.05) is 24.5 Å². The fourth-order valence-corrected chi connectivity index (χ4v) is 5.78. The lowest BCUT2D eigenvalue weighted by Gasteiger charge is -2.36. The van der Waals surface area contributed by atoms with E-state index in [0.29, 0.717) is 11.3 Å². The van der Waals surface area contributed by atoms with Crippen molar-refractivity contribution in [3.63, 3.8) is 0 Å². The normalized spacial score (nSPS) is 16.1. The summed E-state index contributed by atoms with van der Waals surface area (Å²) in [6.07, 6.45) is -2.83. The molecule has 1 aliphatic rings. The highest BCUT2D eigenvalue weighted by molar-refractivity contribution is 7.92. The van der Waals surface area contributed by atoms with Crippen LogP contribution in [0.25, 0.3) is 0 Å². The zero-order valence-corrected chi connectivity index (χ0v) is 22.1. The summed E-state index contributed by atoms with van der Waals surface area (Å²) in [5.74, 6) is -2.87. The van der Waals surface area contributed by atoms with Gasteiger partial charge in [0.2, 0.25) is 0 Å². The second-order valence-corrected chi connectivity index (χ2v) is 11.1. The first kappa shape index (κ1) is 27.8. The lowest BCUT2D eigenvalue weighted by molar-refractivity contribution is -0.199. The zero-order chi connectivity index (χ0) is 27.5. The fourth-order valence-electron chi connectivity index (χ4n) is 4.01. The van der Waals surface area contributed by atoms with E-state index in [-0.39, 0.29) is 16.6 Å². The van der Waals surface area contributed by atoms with E-state index in [1.807, 2.05) is 18.2 Å². The number of anilines is 1. The van der Waals surface area contributed by atoms with Gasteiger partial charge in [0.15, 0.2) is 10.8 Å². The first-order chi connectivity index (χ1) is 18.0. The van der Waals surface area contributed by atoms with Crippen LogP contribution >= 0.6 is 11.3 Å². The van der Waals surface area contributed by atoms with Crippen LogP contribution < -0.4 is 9.21 Å². The van der Waals surface area contributed by atoms with Crippen LogP contribution in [0.15, 0.2) is 58.5 Å². The van der Waals surface area contributed by atoms with Gasteiger partial charge in [-0.2, -0.15) is 21.6 Å². The number of rotatable bonds is 8. The molecule has 1 aliphatic heterocycles. The maximum atomic E-state index is 13.1. The molecule has 4 rings (SSSR count). The van der Waals surface area contributed by atoms with Crippen molar-refractivity contribution < 1.29 is 36.0 Å². The maximum absolute atomic E-state index is 13.1. The number of aromatic nitrogens is 2. The number of benzene rings is 1. The number of ether oxygens (including phenoxy) is 1. The number of carbonyl (C=O) groups is 1. The van der Waals surface area contributed by atoms with E-state index in [9.17, 15) is 26.4 Å². The molecule has 2 aromatic heterocycles. The summed E-state index contributed by atoms with van der Waals surface area (Å²) < 4.78 is 70.5. The highest BCUT2D eigenvalue weighted by Gasteiger charge is 2.45. The van der Waals surface area contributed by atoms with E-state index in [1.165, 1.54) is 17.3 Å². The Hall–Kier alpha value is -3.23. The summed E-state index contributed by atoms with van der Waals surface area (Å²) in [5, 5.41) is 0.494. The van der Waals surface area contributed by atoms with E-state index >= 15 is 0 Å². The maximum Gasteiger partial charge on any atom is 0.493 e. The number of aryl methyl sites for hydroxylation is 1. The van der Waals surface area contributed by atoms with Crippen LogP contribution in [0.1, 0.15) is 36.9 Å². The van der Waals surface area contributed by atoms with Gasteiger partial charge in [0.25, 0.3) is 0 Å². The molecule has 0 radical (unpaired) electrons. The molecule has 0 N–H and O–H groups in total. The highest BCUT2D eigenvalue weighted by atomic mass is 32.2. The molecule has 0 amide bonds. The quantitative estimate of drug-likeness (QED) is 0.360. The molecule has 9 nitrogen and oxygen atoms in total. The molecular formula is C24H25F3N4O5S2. The third kappa shape index (κ3) is 6.25. The van der Waals surface area contributed by atoms with Gasteiger partial charge in [-0.05, 0) is 43.9 Å². The van der Waals surface area contributed by atoms with Gasteiger partial charge in [0.05, 0.1) is 11.7 Å². The number of hydrogen-bond donors (Lipinski definition) is 0. The molecule has 0 spiro atoms. The summed E-state index contributed by atoms with van der Waals surface area (Å²) in [7, 11) is -4.83. The predicted molar refractivity (Wildman–Crippen MR) is 133 cm³/mol. The van der Waals surface area contributed by atoms with Crippen molar-refractivity contribution >= 4 is 33.1 Å². The average molecular weight is 571 g/mol. The number of nitrogens with zero attached hydrogens (tertiary/aromatic N) is 4. The summed E-state index contributed by atoms with van der Waals surface area (Å²) in [5.41, 5.74) is 2.82. The third-order valence-electron chi connectivity index (χ3n) is 6.12. The van der Waals surface area contributed by atoms with Gasteiger partial charge in [-0.25, -0.2) is 14.8 Å². The Morgan fingerprint density at radius 3 is 2.45 bits per heavy atom. The number of sulfonamides is 1. The SMILES string of the molecule is Cc1cc(S(=O)(=O)N(OC(=O)C(F)(F)F)c2cscn2)ncc1OC1CCN([C@H](C)c2ccccc2)CC1. The minimum Gasteiger partial charge on any atom is -0.488 e. The van der Waals surface area contributed by atoms with Gasteiger partial charge in [-0.1, -0.05) is 34.8 Å². The number of likely N-dealkylation sites (tertiary alicyclic amines) is 1. The van der Waals surface area contributed by atoms with Crippen molar-refractivity contribution in [1.29, 1.82) is 0 Å². The molecule has 0 aliphatic carbocycles. The van der Waals surface area contributed by atoms with Gasteiger partial charge in [-0.3, -0.25) is 4.90 Å². The first-order valence-electron chi connectivity index (χ1n) is 11.6. The van der Waals surface area contributed by atoms with Crippen molar-refractivity contribution in [3.05, 3.63) is 64.6 Å². The topological polar surface area (TPSA) is 102 Å². The molecule has 3 aromatic rings. The van der Waals surface area contributed by atoms with Crippen LogP contribution in [-0.2, 0) is 19.7 Å². The molecule has 1 saturated heterocycles. The van der Waals surface area contributed by atoms with Crippen molar-refractivity contribution in [1.82, 2.24) is 14.9 Å². The van der Waals surface area contributed by atoms with E-state index in [2.05, 4.69) is 38.8 Å². The Labute approximate surface area is 221 Å². The number of carbonyl (C=O) groups excluding carboxylic acids is 1. The second kappa shape index (κ2) is 11.3. The molecule has 1 fully saturated rings. The molecule has 3 heterocycles. The minimum atomic E-state index is -5.42.